The van der Waals surface area contributed by atoms with Crippen molar-refractivity contribution in [3.8, 4) is 6.07 Å². The van der Waals surface area contributed by atoms with Gasteiger partial charge in [0.2, 0.25) is 0 Å². The first-order valence-electron chi connectivity index (χ1n) is 10.3. The van der Waals surface area contributed by atoms with Crippen molar-refractivity contribution < 1.29 is 14.0 Å². The molecular weight excluding hydrogens is 461 g/mol. The van der Waals surface area contributed by atoms with Crippen LogP contribution in [0.5, 0.6) is 0 Å². The summed E-state index contributed by atoms with van der Waals surface area (Å²) < 4.78 is 14.5. The van der Waals surface area contributed by atoms with Crippen LogP contribution < -0.4 is 4.90 Å². The normalized spacial score (nSPS) is 19.1. The number of anilines is 1. The molecule has 5 nitrogen and oxygen atoms in total. The van der Waals surface area contributed by atoms with Gasteiger partial charge in [-0.25, -0.2) is 4.39 Å². The number of halogens is 2. The smallest absolute Gasteiger partial charge is 0.268 e. The first kappa shape index (κ1) is 21.5. The van der Waals surface area contributed by atoms with Gasteiger partial charge in [0.25, 0.3) is 11.8 Å². The average molecular weight is 478 g/mol. The van der Waals surface area contributed by atoms with Gasteiger partial charge in [-0.05, 0) is 48.0 Å². The minimum Gasteiger partial charge on any atom is -0.311 e. The Morgan fingerprint density at radius 1 is 1.15 bits per heavy atom. The maximum atomic E-state index is 14.5. The molecule has 0 saturated carbocycles. The predicted molar refractivity (Wildman–Crippen MR) is 125 cm³/mol. The highest BCUT2D eigenvalue weighted by Gasteiger charge is 2.59. The maximum Gasteiger partial charge on any atom is 0.268 e. The summed E-state index contributed by atoms with van der Waals surface area (Å²) in [5.74, 6) is -0.924. The van der Waals surface area contributed by atoms with E-state index < -0.39 is 16.6 Å². The van der Waals surface area contributed by atoms with Gasteiger partial charge in [-0.15, -0.1) is 11.8 Å². The molecule has 2 aliphatic heterocycles. The quantitative estimate of drug-likeness (QED) is 0.536. The SMILES string of the molecule is N#Cc1cccc(CN2C(=O)[C@]3(SCCN3C(=O)c3ccccc3F)c3cc(Cl)ccc32)c1. The molecule has 33 heavy (non-hydrogen) atoms. The number of thioether (sulfide) groups is 1. The van der Waals surface area contributed by atoms with Crippen molar-refractivity contribution in [3.05, 3.63) is 99.8 Å². The molecule has 1 fully saturated rings. The molecule has 8 heteroatoms. The van der Waals surface area contributed by atoms with Crippen molar-refractivity contribution in [2.45, 2.75) is 11.4 Å². The zero-order valence-corrected chi connectivity index (χ0v) is 18.9. The Balaban J connectivity index is 1.61. The number of fused-ring (bicyclic) bond motifs is 2. The molecule has 2 amide bonds. The second-order valence-electron chi connectivity index (χ2n) is 7.79. The van der Waals surface area contributed by atoms with Gasteiger partial charge in [0.1, 0.15) is 5.82 Å². The summed E-state index contributed by atoms with van der Waals surface area (Å²) in [5.41, 5.74) is 2.47. The van der Waals surface area contributed by atoms with Crippen LogP contribution in [-0.2, 0) is 16.2 Å². The molecule has 3 aromatic rings. The third-order valence-corrected chi connectivity index (χ3v) is 7.56. The lowest BCUT2D eigenvalue weighted by Gasteiger charge is -2.33. The fraction of sp³-hybridized carbons (Fsp3) is 0.160. The Hall–Kier alpha value is -3.34. The number of rotatable bonds is 3. The van der Waals surface area contributed by atoms with Crippen molar-refractivity contribution >= 4 is 40.9 Å². The first-order chi connectivity index (χ1) is 16.0. The van der Waals surface area contributed by atoms with Crippen molar-refractivity contribution in [1.29, 1.82) is 5.26 Å². The molecule has 0 aliphatic carbocycles. The van der Waals surface area contributed by atoms with Gasteiger partial charge in [0.15, 0.2) is 4.87 Å². The number of nitriles is 1. The summed E-state index contributed by atoms with van der Waals surface area (Å²) in [7, 11) is 0. The van der Waals surface area contributed by atoms with Crippen LogP contribution in [0.15, 0.2) is 66.7 Å². The predicted octanol–water partition coefficient (Wildman–Crippen LogP) is 4.94. The van der Waals surface area contributed by atoms with Gasteiger partial charge in [0, 0.05) is 22.9 Å². The number of carbonyl (C=O) groups excluding carboxylic acids is 2. The zero-order valence-electron chi connectivity index (χ0n) is 17.3. The second kappa shape index (κ2) is 8.22. The van der Waals surface area contributed by atoms with E-state index in [4.69, 9.17) is 11.6 Å². The van der Waals surface area contributed by atoms with Crippen LogP contribution in [0.1, 0.15) is 27.0 Å². The third-order valence-electron chi connectivity index (χ3n) is 5.90. The number of hydrogen-bond donors (Lipinski definition) is 0. The highest BCUT2D eigenvalue weighted by Crippen LogP contribution is 2.55. The summed E-state index contributed by atoms with van der Waals surface area (Å²) in [6.45, 7) is 0.528. The highest BCUT2D eigenvalue weighted by molar-refractivity contribution is 8.01. The molecule has 1 spiro atoms. The molecule has 164 valence electrons. The summed E-state index contributed by atoms with van der Waals surface area (Å²) in [6, 6.07) is 20.1. The Labute approximate surface area is 199 Å². The number of nitrogens with zero attached hydrogens (tertiary/aromatic N) is 3. The van der Waals surface area contributed by atoms with E-state index in [9.17, 15) is 19.2 Å². The Bertz CT molecular complexity index is 1340. The summed E-state index contributed by atoms with van der Waals surface area (Å²) in [6.07, 6.45) is 0. The molecule has 2 aliphatic rings. The summed E-state index contributed by atoms with van der Waals surface area (Å²) in [5, 5.41) is 9.68. The van der Waals surface area contributed by atoms with E-state index in [1.807, 2.05) is 6.07 Å². The van der Waals surface area contributed by atoms with Gasteiger partial charge in [0.05, 0.1) is 29.4 Å². The second-order valence-corrected chi connectivity index (χ2v) is 9.52. The van der Waals surface area contributed by atoms with Crippen molar-refractivity contribution in [3.63, 3.8) is 0 Å². The molecule has 1 saturated heterocycles. The van der Waals surface area contributed by atoms with Crippen molar-refractivity contribution in [2.24, 2.45) is 0 Å². The van der Waals surface area contributed by atoms with E-state index in [1.54, 1.807) is 47.4 Å². The van der Waals surface area contributed by atoms with E-state index in [1.165, 1.54) is 34.9 Å². The molecule has 0 aromatic heterocycles. The van der Waals surface area contributed by atoms with Crippen LogP contribution in [0.3, 0.4) is 0 Å². The fourth-order valence-corrected chi connectivity index (χ4v) is 6.07. The molecule has 0 radical (unpaired) electrons. The number of amides is 2. The Morgan fingerprint density at radius 3 is 2.76 bits per heavy atom. The van der Waals surface area contributed by atoms with E-state index in [2.05, 4.69) is 6.07 Å². The lowest BCUT2D eigenvalue weighted by molar-refractivity contribution is -0.123. The van der Waals surface area contributed by atoms with Crippen LogP contribution in [0.2, 0.25) is 5.02 Å². The summed E-state index contributed by atoms with van der Waals surface area (Å²) >= 11 is 7.66. The van der Waals surface area contributed by atoms with Gasteiger partial charge in [-0.3, -0.25) is 9.59 Å². The highest BCUT2D eigenvalue weighted by atomic mass is 35.5. The molecule has 0 bridgehead atoms. The van der Waals surface area contributed by atoms with Gasteiger partial charge >= 0.3 is 0 Å². The van der Waals surface area contributed by atoms with E-state index in [0.29, 0.717) is 34.1 Å². The van der Waals surface area contributed by atoms with E-state index in [-0.39, 0.29) is 18.0 Å². The number of benzene rings is 3. The lowest BCUT2D eigenvalue weighted by Crippen LogP contribution is -2.50. The number of hydrogen-bond acceptors (Lipinski definition) is 4. The first-order valence-corrected chi connectivity index (χ1v) is 11.6. The molecule has 0 N–H and O–H groups in total. The van der Waals surface area contributed by atoms with Crippen molar-refractivity contribution in [2.75, 3.05) is 17.2 Å². The van der Waals surface area contributed by atoms with Crippen LogP contribution in [0.4, 0.5) is 10.1 Å². The monoisotopic (exact) mass is 477 g/mol. The molecule has 5 rings (SSSR count). The standard InChI is InChI=1S/C25H17ClFN3O2S/c26-18-8-9-22-20(13-18)25(24(32)29(22)15-17-5-3-4-16(12-17)14-28)30(10-11-33-25)23(31)19-6-1-2-7-21(19)27/h1-9,12-13H,10-11,15H2/t25-/m1/s1. The topological polar surface area (TPSA) is 64.4 Å². The average Bonchev–Trinajstić information content (AvgIpc) is 3.36. The minimum atomic E-state index is -1.33. The Kier molecular flexibility index (Phi) is 5.35. The van der Waals surface area contributed by atoms with Crippen LogP contribution >= 0.6 is 23.4 Å². The largest absolute Gasteiger partial charge is 0.311 e. The maximum absolute atomic E-state index is 14.5. The van der Waals surface area contributed by atoms with E-state index >= 15 is 0 Å². The number of carbonyl (C=O) groups is 2. The van der Waals surface area contributed by atoms with Gasteiger partial charge < -0.3 is 9.80 Å². The minimum absolute atomic E-state index is 0.0732. The zero-order chi connectivity index (χ0) is 23.2. The molecular formula is C25H17ClFN3O2S. The van der Waals surface area contributed by atoms with E-state index in [0.717, 1.165) is 5.56 Å². The van der Waals surface area contributed by atoms with Gasteiger partial charge in [-0.1, -0.05) is 35.9 Å². The molecule has 1 atom stereocenters. The Morgan fingerprint density at radius 2 is 1.97 bits per heavy atom. The lowest BCUT2D eigenvalue weighted by atomic mass is 10.0. The molecule has 2 heterocycles. The third kappa shape index (κ3) is 3.38. The van der Waals surface area contributed by atoms with Crippen LogP contribution in [0.25, 0.3) is 0 Å². The summed E-state index contributed by atoms with van der Waals surface area (Å²) in [4.78, 5) is 29.2. The molecule has 3 aromatic carbocycles. The van der Waals surface area contributed by atoms with Crippen molar-refractivity contribution in [1.82, 2.24) is 4.90 Å². The molecule has 0 unspecified atom stereocenters. The van der Waals surface area contributed by atoms with Gasteiger partial charge in [-0.2, -0.15) is 5.26 Å². The van der Waals surface area contributed by atoms with Crippen LogP contribution in [0, 0.1) is 17.1 Å². The van der Waals surface area contributed by atoms with Crippen LogP contribution in [-0.4, -0.2) is 29.0 Å². The fourth-order valence-electron chi connectivity index (χ4n) is 4.45.